The molecule has 0 spiro atoms. The first-order valence-corrected chi connectivity index (χ1v) is 3.66. The van der Waals surface area contributed by atoms with Crippen LogP contribution in [0.25, 0.3) is 5.65 Å². The van der Waals surface area contributed by atoms with E-state index in [1.807, 2.05) is 19.1 Å². The number of rotatable bonds is 1. The van der Waals surface area contributed by atoms with E-state index in [9.17, 15) is 0 Å². The van der Waals surface area contributed by atoms with E-state index in [1.54, 1.807) is 17.8 Å². The summed E-state index contributed by atoms with van der Waals surface area (Å²) in [5, 5.41) is 4.24. The van der Waals surface area contributed by atoms with Gasteiger partial charge in [-0.15, -0.1) is 0 Å². The highest BCUT2D eigenvalue weighted by Gasteiger charge is 2.02. The molecule has 0 aromatic carbocycles. The summed E-state index contributed by atoms with van der Waals surface area (Å²) >= 11 is 0. The fraction of sp³-hybridized carbons (Fsp3) is 0.250. The zero-order valence-corrected chi connectivity index (χ0v) is 6.98. The summed E-state index contributed by atoms with van der Waals surface area (Å²) < 4.78 is 6.74. The van der Waals surface area contributed by atoms with Gasteiger partial charge in [0.1, 0.15) is 0 Å². The Bertz CT molecular complexity index is 408. The second-order valence-electron chi connectivity index (χ2n) is 2.55. The van der Waals surface area contributed by atoms with Crippen molar-refractivity contribution in [1.29, 1.82) is 0 Å². The highest BCUT2D eigenvalue weighted by Crippen LogP contribution is 2.11. The first kappa shape index (κ1) is 7.09. The van der Waals surface area contributed by atoms with Crippen LogP contribution in [0, 0.1) is 6.92 Å². The predicted octanol–water partition coefficient (Wildman–Crippen LogP) is 1.05. The molecule has 0 saturated heterocycles. The van der Waals surface area contributed by atoms with Crippen molar-refractivity contribution < 1.29 is 4.74 Å². The third-order valence-electron chi connectivity index (χ3n) is 1.67. The lowest BCUT2D eigenvalue weighted by molar-refractivity contribution is 0.387. The standard InChI is InChI=1S/C8H9N3O/c1-6-3-4-7-9-5-8(12-2)11(7)10-6/h3-5H,1-2H3. The van der Waals surface area contributed by atoms with E-state index < -0.39 is 0 Å². The Labute approximate surface area is 69.8 Å². The molecular weight excluding hydrogens is 154 g/mol. The number of nitrogens with zero attached hydrogens (tertiary/aromatic N) is 3. The lowest BCUT2D eigenvalue weighted by Crippen LogP contribution is -1.96. The normalized spacial score (nSPS) is 10.5. The van der Waals surface area contributed by atoms with Gasteiger partial charge >= 0.3 is 0 Å². The minimum Gasteiger partial charge on any atom is -0.480 e. The Morgan fingerprint density at radius 3 is 3.00 bits per heavy atom. The molecule has 62 valence electrons. The van der Waals surface area contributed by atoms with Gasteiger partial charge < -0.3 is 4.74 Å². The quantitative estimate of drug-likeness (QED) is 0.630. The van der Waals surface area contributed by atoms with Gasteiger partial charge in [-0.2, -0.15) is 9.61 Å². The lowest BCUT2D eigenvalue weighted by atomic mass is 10.4. The number of aromatic nitrogens is 3. The van der Waals surface area contributed by atoms with Gasteiger partial charge in [-0.1, -0.05) is 0 Å². The van der Waals surface area contributed by atoms with Gasteiger partial charge in [0.15, 0.2) is 5.65 Å². The van der Waals surface area contributed by atoms with Crippen molar-refractivity contribution in [2.24, 2.45) is 0 Å². The van der Waals surface area contributed by atoms with Gasteiger partial charge in [-0.05, 0) is 19.1 Å². The molecule has 2 heterocycles. The molecule has 0 bridgehead atoms. The molecule has 2 rings (SSSR count). The third-order valence-corrected chi connectivity index (χ3v) is 1.67. The van der Waals surface area contributed by atoms with E-state index in [-0.39, 0.29) is 0 Å². The van der Waals surface area contributed by atoms with Gasteiger partial charge in [-0.25, -0.2) is 4.98 Å². The van der Waals surface area contributed by atoms with E-state index in [4.69, 9.17) is 4.74 Å². The van der Waals surface area contributed by atoms with E-state index in [0.717, 1.165) is 11.3 Å². The largest absolute Gasteiger partial charge is 0.480 e. The van der Waals surface area contributed by atoms with Crippen LogP contribution in [-0.4, -0.2) is 21.7 Å². The molecule has 2 aromatic heterocycles. The summed E-state index contributed by atoms with van der Waals surface area (Å²) in [7, 11) is 1.60. The van der Waals surface area contributed by atoms with Crippen LogP contribution in [0.5, 0.6) is 5.88 Å². The number of hydrogen-bond acceptors (Lipinski definition) is 3. The van der Waals surface area contributed by atoms with Crippen LogP contribution in [0.4, 0.5) is 0 Å². The van der Waals surface area contributed by atoms with Crippen LogP contribution in [0.15, 0.2) is 18.3 Å². The van der Waals surface area contributed by atoms with Gasteiger partial charge in [0.2, 0.25) is 5.88 Å². The molecule has 4 nitrogen and oxygen atoms in total. The summed E-state index contributed by atoms with van der Waals surface area (Å²) in [4.78, 5) is 4.11. The lowest BCUT2D eigenvalue weighted by Gasteiger charge is -1.98. The Balaban J connectivity index is 2.75. The van der Waals surface area contributed by atoms with E-state index in [1.165, 1.54) is 0 Å². The molecule has 0 atom stereocenters. The van der Waals surface area contributed by atoms with E-state index in [2.05, 4.69) is 10.1 Å². The number of fused-ring (bicyclic) bond motifs is 1. The first-order valence-electron chi connectivity index (χ1n) is 3.66. The number of imidazole rings is 1. The minimum absolute atomic E-state index is 0.661. The van der Waals surface area contributed by atoms with Crippen molar-refractivity contribution in [3.05, 3.63) is 24.0 Å². The van der Waals surface area contributed by atoms with Crippen molar-refractivity contribution in [2.75, 3.05) is 7.11 Å². The highest BCUT2D eigenvalue weighted by molar-refractivity contribution is 5.40. The van der Waals surface area contributed by atoms with Crippen LogP contribution < -0.4 is 4.74 Å². The van der Waals surface area contributed by atoms with Crippen molar-refractivity contribution in [1.82, 2.24) is 14.6 Å². The molecule has 4 heteroatoms. The SMILES string of the molecule is COc1cnc2ccc(C)nn12. The second-order valence-corrected chi connectivity index (χ2v) is 2.55. The van der Waals surface area contributed by atoms with E-state index in [0.29, 0.717) is 5.88 Å². The molecular formula is C8H9N3O. The molecule has 0 unspecified atom stereocenters. The summed E-state index contributed by atoms with van der Waals surface area (Å²) in [5.41, 5.74) is 1.75. The average molecular weight is 163 g/mol. The Morgan fingerprint density at radius 1 is 1.42 bits per heavy atom. The highest BCUT2D eigenvalue weighted by atomic mass is 16.5. The zero-order chi connectivity index (χ0) is 8.55. The smallest absolute Gasteiger partial charge is 0.235 e. The molecule has 0 fully saturated rings. The molecule has 0 amide bonds. The van der Waals surface area contributed by atoms with Gasteiger partial charge in [0, 0.05) is 0 Å². The van der Waals surface area contributed by atoms with Crippen LogP contribution in [0.1, 0.15) is 5.69 Å². The van der Waals surface area contributed by atoms with Crippen LogP contribution in [-0.2, 0) is 0 Å². The number of ether oxygens (including phenoxy) is 1. The van der Waals surface area contributed by atoms with Gasteiger partial charge in [-0.3, -0.25) is 0 Å². The molecule has 0 aliphatic rings. The second kappa shape index (κ2) is 2.48. The maximum Gasteiger partial charge on any atom is 0.235 e. The average Bonchev–Trinajstić information content (AvgIpc) is 2.46. The molecule has 0 aliphatic carbocycles. The molecule has 0 saturated carbocycles. The maximum absolute atomic E-state index is 5.06. The fourth-order valence-electron chi connectivity index (χ4n) is 1.08. The zero-order valence-electron chi connectivity index (χ0n) is 6.98. The molecule has 2 aromatic rings. The molecule has 0 radical (unpaired) electrons. The van der Waals surface area contributed by atoms with Crippen molar-refractivity contribution in [3.8, 4) is 5.88 Å². The fourth-order valence-corrected chi connectivity index (χ4v) is 1.08. The summed E-state index contributed by atoms with van der Waals surface area (Å²) in [6.07, 6.45) is 1.65. The monoisotopic (exact) mass is 163 g/mol. The summed E-state index contributed by atoms with van der Waals surface area (Å²) in [5.74, 6) is 0.661. The van der Waals surface area contributed by atoms with Crippen molar-refractivity contribution in [2.45, 2.75) is 6.92 Å². The predicted molar refractivity (Wildman–Crippen MR) is 44.3 cm³/mol. The molecule has 0 N–H and O–H groups in total. The third kappa shape index (κ3) is 0.922. The Kier molecular flexibility index (Phi) is 1.46. The van der Waals surface area contributed by atoms with Crippen molar-refractivity contribution in [3.63, 3.8) is 0 Å². The number of methoxy groups -OCH3 is 1. The van der Waals surface area contributed by atoms with Gasteiger partial charge in [0.25, 0.3) is 0 Å². The molecule has 0 aliphatic heterocycles. The minimum atomic E-state index is 0.661. The number of aryl methyl sites for hydroxylation is 1. The number of hydrogen-bond donors (Lipinski definition) is 0. The molecule has 12 heavy (non-hydrogen) atoms. The van der Waals surface area contributed by atoms with E-state index >= 15 is 0 Å². The van der Waals surface area contributed by atoms with Crippen LogP contribution in [0.2, 0.25) is 0 Å². The Hall–Kier alpha value is -1.58. The van der Waals surface area contributed by atoms with Crippen molar-refractivity contribution >= 4 is 5.65 Å². The van der Waals surface area contributed by atoms with Crippen LogP contribution in [0.3, 0.4) is 0 Å². The maximum atomic E-state index is 5.06. The Morgan fingerprint density at radius 2 is 2.25 bits per heavy atom. The van der Waals surface area contributed by atoms with Gasteiger partial charge in [0.05, 0.1) is 19.0 Å². The summed E-state index contributed by atoms with van der Waals surface area (Å²) in [6.45, 7) is 1.93. The van der Waals surface area contributed by atoms with Crippen LogP contribution >= 0.6 is 0 Å². The summed E-state index contributed by atoms with van der Waals surface area (Å²) in [6, 6.07) is 3.83. The first-order chi connectivity index (χ1) is 5.81. The topological polar surface area (TPSA) is 39.4 Å².